The van der Waals surface area contributed by atoms with Crippen molar-refractivity contribution in [1.82, 2.24) is 9.97 Å². The molecule has 0 aliphatic carbocycles. The molecule has 0 fully saturated rings. The number of carboxylic acid groups (broad SMARTS) is 1. The van der Waals surface area contributed by atoms with Gasteiger partial charge in [0.05, 0.1) is 10.4 Å². The Morgan fingerprint density at radius 1 is 1.20 bits per heavy atom. The van der Waals surface area contributed by atoms with E-state index in [1.807, 2.05) is 0 Å². The van der Waals surface area contributed by atoms with Crippen LogP contribution in [0.4, 0.5) is 11.8 Å². The number of halogens is 1. The minimum absolute atomic E-state index is 0.286. The van der Waals surface area contributed by atoms with Crippen molar-refractivity contribution in [3.63, 3.8) is 0 Å². The van der Waals surface area contributed by atoms with Gasteiger partial charge in [-0.05, 0) is 48.2 Å². The molecule has 1 heterocycles. The predicted octanol–water partition coefficient (Wildman–Crippen LogP) is 3.47. The molecule has 0 bridgehead atoms. The Labute approximate surface area is 158 Å². The first kappa shape index (κ1) is 21.6. The number of anilines is 2. The quantitative estimate of drug-likeness (QED) is 0.344. The Kier molecular flexibility index (Phi) is 11.1. The summed E-state index contributed by atoms with van der Waals surface area (Å²) in [7, 11) is 0. The third kappa shape index (κ3) is 9.60. The van der Waals surface area contributed by atoms with Crippen molar-refractivity contribution in [1.29, 1.82) is 0 Å². The number of carboxylic acids is 1. The summed E-state index contributed by atoms with van der Waals surface area (Å²) in [5.41, 5.74) is 5.48. The molecule has 0 unspecified atom stereocenters. The molecule has 0 spiro atoms. The van der Waals surface area contributed by atoms with E-state index >= 15 is 0 Å². The van der Waals surface area contributed by atoms with Gasteiger partial charge in [0.1, 0.15) is 5.82 Å². The van der Waals surface area contributed by atoms with Crippen molar-refractivity contribution in [3.8, 4) is 0 Å². The molecule has 0 aliphatic rings. The molecule has 1 aromatic heterocycles. The SMILES string of the molecule is C[C@@H](CCCCNc1nc(NCCCCCCN)ncc1Br)C(=O)O. The number of hydrogen-bond donors (Lipinski definition) is 4. The average molecular weight is 416 g/mol. The van der Waals surface area contributed by atoms with Crippen molar-refractivity contribution in [2.45, 2.75) is 51.9 Å². The van der Waals surface area contributed by atoms with Crippen LogP contribution in [-0.2, 0) is 4.79 Å². The number of aromatic nitrogens is 2. The van der Waals surface area contributed by atoms with E-state index in [9.17, 15) is 4.79 Å². The zero-order valence-corrected chi connectivity index (χ0v) is 16.5. The molecule has 25 heavy (non-hydrogen) atoms. The number of carbonyl (C=O) groups is 1. The molecule has 0 amide bonds. The molecular weight excluding hydrogens is 386 g/mol. The Hall–Kier alpha value is -1.41. The van der Waals surface area contributed by atoms with Crippen LogP contribution in [0.1, 0.15) is 51.9 Å². The summed E-state index contributed by atoms with van der Waals surface area (Å²) < 4.78 is 0.819. The first-order valence-electron chi connectivity index (χ1n) is 8.97. The molecule has 1 rings (SSSR count). The Morgan fingerprint density at radius 2 is 1.88 bits per heavy atom. The molecule has 1 aromatic rings. The lowest BCUT2D eigenvalue weighted by molar-refractivity contribution is -0.141. The summed E-state index contributed by atoms with van der Waals surface area (Å²) in [5, 5.41) is 15.4. The second-order valence-electron chi connectivity index (χ2n) is 6.18. The standard InChI is InChI=1S/C17H30BrN5O2/c1-13(16(24)25)8-4-7-10-20-15-14(18)12-22-17(23-15)21-11-6-3-2-5-9-19/h12-13H,2-11,19H2,1H3,(H,24,25)(H2,20,21,22,23)/t13-/m0/s1. The van der Waals surface area contributed by atoms with Gasteiger partial charge in [0.25, 0.3) is 0 Å². The molecule has 1 atom stereocenters. The number of nitrogens with zero attached hydrogens (tertiary/aromatic N) is 2. The number of rotatable bonds is 14. The lowest BCUT2D eigenvalue weighted by Gasteiger charge is -2.11. The largest absolute Gasteiger partial charge is 0.481 e. The fourth-order valence-corrected chi connectivity index (χ4v) is 2.64. The minimum Gasteiger partial charge on any atom is -0.481 e. The maximum Gasteiger partial charge on any atom is 0.306 e. The van der Waals surface area contributed by atoms with Crippen molar-refractivity contribution < 1.29 is 9.90 Å². The van der Waals surface area contributed by atoms with E-state index in [-0.39, 0.29) is 5.92 Å². The van der Waals surface area contributed by atoms with E-state index < -0.39 is 5.97 Å². The van der Waals surface area contributed by atoms with Gasteiger partial charge in [0.2, 0.25) is 5.95 Å². The van der Waals surface area contributed by atoms with Crippen LogP contribution in [0.25, 0.3) is 0 Å². The van der Waals surface area contributed by atoms with E-state index in [2.05, 4.69) is 36.5 Å². The topological polar surface area (TPSA) is 113 Å². The molecule has 0 saturated heterocycles. The number of hydrogen-bond acceptors (Lipinski definition) is 6. The van der Waals surface area contributed by atoms with Crippen LogP contribution in [0, 0.1) is 5.92 Å². The van der Waals surface area contributed by atoms with Crippen LogP contribution in [0.5, 0.6) is 0 Å². The van der Waals surface area contributed by atoms with E-state index in [1.165, 1.54) is 0 Å². The summed E-state index contributed by atoms with van der Waals surface area (Å²) in [4.78, 5) is 19.5. The first-order chi connectivity index (χ1) is 12.0. The van der Waals surface area contributed by atoms with Gasteiger partial charge in [0, 0.05) is 19.3 Å². The van der Waals surface area contributed by atoms with Crippen LogP contribution in [-0.4, -0.2) is 40.7 Å². The lowest BCUT2D eigenvalue weighted by Crippen LogP contribution is -2.11. The second-order valence-corrected chi connectivity index (χ2v) is 7.04. The fraction of sp³-hybridized carbons (Fsp3) is 0.706. The van der Waals surface area contributed by atoms with Gasteiger partial charge >= 0.3 is 5.97 Å². The predicted molar refractivity (Wildman–Crippen MR) is 105 cm³/mol. The summed E-state index contributed by atoms with van der Waals surface area (Å²) in [6.07, 6.45) is 8.66. The number of unbranched alkanes of at least 4 members (excludes halogenated alkanes) is 4. The van der Waals surface area contributed by atoms with Gasteiger partial charge in [0.15, 0.2) is 0 Å². The maximum absolute atomic E-state index is 10.8. The third-order valence-corrected chi connectivity index (χ3v) is 4.52. The molecular formula is C17H30BrN5O2. The highest BCUT2D eigenvalue weighted by atomic mass is 79.9. The fourth-order valence-electron chi connectivity index (χ4n) is 2.31. The highest BCUT2D eigenvalue weighted by Gasteiger charge is 2.10. The van der Waals surface area contributed by atoms with Crippen molar-refractivity contribution in [2.24, 2.45) is 11.7 Å². The zero-order valence-electron chi connectivity index (χ0n) is 14.9. The van der Waals surface area contributed by atoms with Gasteiger partial charge in [-0.1, -0.05) is 26.2 Å². The van der Waals surface area contributed by atoms with E-state index in [0.717, 1.165) is 68.4 Å². The lowest BCUT2D eigenvalue weighted by atomic mass is 10.0. The molecule has 0 aromatic carbocycles. The van der Waals surface area contributed by atoms with E-state index in [0.29, 0.717) is 12.4 Å². The van der Waals surface area contributed by atoms with Crippen LogP contribution >= 0.6 is 15.9 Å². The highest BCUT2D eigenvalue weighted by molar-refractivity contribution is 9.10. The number of nitrogens with one attached hydrogen (secondary N) is 2. The van der Waals surface area contributed by atoms with Gasteiger partial charge in [-0.2, -0.15) is 4.98 Å². The van der Waals surface area contributed by atoms with Crippen molar-refractivity contribution in [3.05, 3.63) is 10.7 Å². The molecule has 0 saturated carbocycles. The van der Waals surface area contributed by atoms with Crippen LogP contribution < -0.4 is 16.4 Å². The van der Waals surface area contributed by atoms with Gasteiger partial charge in [-0.15, -0.1) is 0 Å². The molecule has 0 radical (unpaired) electrons. The van der Waals surface area contributed by atoms with Crippen LogP contribution in [0.3, 0.4) is 0 Å². The number of nitrogens with two attached hydrogens (primary N) is 1. The smallest absolute Gasteiger partial charge is 0.306 e. The minimum atomic E-state index is -0.731. The molecule has 142 valence electrons. The van der Waals surface area contributed by atoms with Gasteiger partial charge in [-0.25, -0.2) is 4.98 Å². The highest BCUT2D eigenvalue weighted by Crippen LogP contribution is 2.20. The van der Waals surface area contributed by atoms with Crippen molar-refractivity contribution in [2.75, 3.05) is 30.3 Å². The van der Waals surface area contributed by atoms with Gasteiger partial charge < -0.3 is 21.5 Å². The maximum atomic E-state index is 10.8. The molecule has 7 nitrogen and oxygen atoms in total. The summed E-state index contributed by atoms with van der Waals surface area (Å²) in [6, 6.07) is 0. The second kappa shape index (κ2) is 12.9. The van der Waals surface area contributed by atoms with Crippen molar-refractivity contribution >= 4 is 33.7 Å². The van der Waals surface area contributed by atoms with E-state index in [4.69, 9.17) is 10.8 Å². The first-order valence-corrected chi connectivity index (χ1v) is 9.77. The number of aliphatic carboxylic acids is 1. The summed E-state index contributed by atoms with van der Waals surface area (Å²) >= 11 is 3.45. The summed E-state index contributed by atoms with van der Waals surface area (Å²) in [5.74, 6) is 0.354. The molecule has 0 aliphatic heterocycles. The average Bonchev–Trinajstić information content (AvgIpc) is 2.59. The van der Waals surface area contributed by atoms with Crippen LogP contribution in [0.2, 0.25) is 0 Å². The normalized spacial score (nSPS) is 12.0. The Morgan fingerprint density at radius 3 is 2.60 bits per heavy atom. The Balaban J connectivity index is 2.28. The molecule has 5 N–H and O–H groups in total. The summed E-state index contributed by atoms with van der Waals surface area (Å²) in [6.45, 7) is 4.09. The third-order valence-electron chi connectivity index (χ3n) is 3.94. The molecule has 8 heteroatoms. The van der Waals surface area contributed by atoms with E-state index in [1.54, 1.807) is 13.1 Å². The monoisotopic (exact) mass is 415 g/mol. The Bertz CT molecular complexity index is 516. The van der Waals surface area contributed by atoms with Gasteiger partial charge in [-0.3, -0.25) is 4.79 Å². The zero-order chi connectivity index (χ0) is 18.5. The van der Waals surface area contributed by atoms with Crippen LogP contribution in [0.15, 0.2) is 10.7 Å².